The predicted octanol–water partition coefficient (Wildman–Crippen LogP) is 6.79. The van der Waals surface area contributed by atoms with Crippen LogP contribution in [0.3, 0.4) is 0 Å². The Bertz CT molecular complexity index is 1610. The molecule has 44 heavy (non-hydrogen) atoms. The zero-order valence-electron chi connectivity index (χ0n) is 24.0. The van der Waals surface area contributed by atoms with Crippen LogP contribution in [0.25, 0.3) is 0 Å². The standard InChI is InChI=1S/C35H32N4O5/c40-33(41)32-30-20-11-17-27(22-36(32)34(42)37(25-13-3-1-4-14-25)26-15-5-2-6-16-26)38(30)35(43)39-28-18-8-7-12-24(28)23-44-31-21-10-9-19-29(31)39/h1-10,12-16,18-19,21,27,30,32H,11,17,20,22-23H2,(H,40,41)/t27-,30+,32-/m0/s1. The van der Waals surface area contributed by atoms with Gasteiger partial charge in [0.2, 0.25) is 0 Å². The number of aliphatic carboxylic acids is 1. The molecular formula is C35H32N4O5. The van der Waals surface area contributed by atoms with Gasteiger partial charge in [-0.15, -0.1) is 0 Å². The summed E-state index contributed by atoms with van der Waals surface area (Å²) in [5.41, 5.74) is 3.42. The van der Waals surface area contributed by atoms with Crippen LogP contribution in [0.5, 0.6) is 5.75 Å². The van der Waals surface area contributed by atoms with Crippen molar-refractivity contribution < 1.29 is 24.2 Å². The van der Waals surface area contributed by atoms with Gasteiger partial charge < -0.3 is 19.6 Å². The van der Waals surface area contributed by atoms with Crippen molar-refractivity contribution in [2.45, 2.75) is 44.0 Å². The molecule has 4 aromatic carbocycles. The monoisotopic (exact) mass is 588 g/mol. The number of amides is 4. The molecule has 3 aliphatic heterocycles. The number of nitrogens with zero attached hydrogens (tertiary/aromatic N) is 4. The van der Waals surface area contributed by atoms with Gasteiger partial charge in [-0.05, 0) is 61.7 Å². The second-order valence-corrected chi connectivity index (χ2v) is 11.3. The minimum atomic E-state index is -1.23. The molecule has 3 atom stereocenters. The largest absolute Gasteiger partial charge is 0.487 e. The highest BCUT2D eigenvalue weighted by Crippen LogP contribution is 2.43. The number of carbonyl (C=O) groups excluding carboxylic acids is 2. The maximum absolute atomic E-state index is 14.8. The lowest BCUT2D eigenvalue weighted by Crippen LogP contribution is -2.72. The van der Waals surface area contributed by atoms with Gasteiger partial charge in [0.05, 0.1) is 34.8 Å². The minimum absolute atomic E-state index is 0.0990. The van der Waals surface area contributed by atoms with E-state index in [4.69, 9.17) is 4.74 Å². The first kappa shape index (κ1) is 27.5. The Kier molecular flexibility index (Phi) is 7.13. The third-order valence-corrected chi connectivity index (χ3v) is 8.75. The molecule has 0 aliphatic carbocycles. The number of ether oxygens (including phenoxy) is 1. The van der Waals surface area contributed by atoms with Gasteiger partial charge in [-0.25, -0.2) is 14.4 Å². The Hall–Kier alpha value is -5.31. The first-order valence-electron chi connectivity index (χ1n) is 14.9. The number of likely N-dealkylation sites (tertiary alicyclic amines) is 1. The molecule has 3 heterocycles. The first-order valence-corrected chi connectivity index (χ1v) is 14.9. The van der Waals surface area contributed by atoms with E-state index in [-0.39, 0.29) is 18.6 Å². The molecule has 7 rings (SSSR count). The summed E-state index contributed by atoms with van der Waals surface area (Å²) >= 11 is 0. The summed E-state index contributed by atoms with van der Waals surface area (Å²) in [6.45, 7) is 0.403. The fourth-order valence-electron chi connectivity index (χ4n) is 6.82. The van der Waals surface area contributed by atoms with Gasteiger partial charge in [0.15, 0.2) is 6.04 Å². The fourth-order valence-corrected chi connectivity index (χ4v) is 6.82. The number of carboxylic acid groups (broad SMARTS) is 1. The molecule has 3 aliphatic rings. The Labute approximate surface area is 255 Å². The molecule has 2 bridgehead atoms. The van der Waals surface area contributed by atoms with Crippen molar-refractivity contribution in [3.63, 3.8) is 0 Å². The molecule has 4 amide bonds. The molecule has 2 saturated heterocycles. The number of hydrogen-bond acceptors (Lipinski definition) is 4. The number of rotatable bonds is 3. The van der Waals surface area contributed by atoms with E-state index in [2.05, 4.69) is 0 Å². The summed E-state index contributed by atoms with van der Waals surface area (Å²) in [4.78, 5) is 48.7. The predicted molar refractivity (Wildman–Crippen MR) is 167 cm³/mol. The van der Waals surface area contributed by atoms with Gasteiger partial charge >= 0.3 is 18.0 Å². The summed E-state index contributed by atoms with van der Waals surface area (Å²) in [6, 6.07) is 30.4. The van der Waals surface area contributed by atoms with Crippen LogP contribution in [0, 0.1) is 0 Å². The number of benzene rings is 4. The third-order valence-electron chi connectivity index (χ3n) is 8.75. The highest BCUT2D eigenvalue weighted by molar-refractivity contribution is 6.04. The maximum atomic E-state index is 14.8. The van der Waals surface area contributed by atoms with E-state index in [1.54, 1.807) is 14.7 Å². The average Bonchev–Trinajstić information content (AvgIpc) is 3.22. The van der Waals surface area contributed by atoms with Gasteiger partial charge in [-0.2, -0.15) is 0 Å². The summed E-state index contributed by atoms with van der Waals surface area (Å²) in [5.74, 6) is -0.560. The van der Waals surface area contributed by atoms with Gasteiger partial charge in [0.1, 0.15) is 12.4 Å². The Morgan fingerprint density at radius 2 is 1.36 bits per heavy atom. The normalized spacial score (nSPS) is 20.5. The van der Waals surface area contributed by atoms with Gasteiger partial charge in [0, 0.05) is 12.1 Å². The molecule has 0 spiro atoms. The second-order valence-electron chi connectivity index (χ2n) is 11.3. The SMILES string of the molecule is O=C(O)[C@@H]1[C@H]2CCC[C@@H](CN1C(=O)N(c1ccccc1)c1ccccc1)N2C(=O)N1c2ccccc2COc2ccccc21. The van der Waals surface area contributed by atoms with E-state index in [9.17, 15) is 19.5 Å². The molecule has 1 N–H and O–H groups in total. The Morgan fingerprint density at radius 1 is 0.750 bits per heavy atom. The highest BCUT2D eigenvalue weighted by Gasteiger charge is 2.53. The summed E-state index contributed by atoms with van der Waals surface area (Å²) in [5, 5.41) is 10.7. The average molecular weight is 589 g/mol. The number of urea groups is 2. The van der Waals surface area contributed by atoms with Crippen molar-refractivity contribution in [3.8, 4) is 5.75 Å². The lowest BCUT2D eigenvalue weighted by atomic mass is 9.86. The molecule has 4 aromatic rings. The molecule has 0 unspecified atom stereocenters. The highest BCUT2D eigenvalue weighted by atomic mass is 16.5. The maximum Gasteiger partial charge on any atom is 0.329 e. The van der Waals surface area contributed by atoms with Crippen LogP contribution in [-0.2, 0) is 11.4 Å². The number of carbonyl (C=O) groups is 3. The van der Waals surface area contributed by atoms with Gasteiger partial charge in [-0.3, -0.25) is 9.80 Å². The van der Waals surface area contributed by atoms with Crippen molar-refractivity contribution in [1.29, 1.82) is 0 Å². The molecule has 2 fully saturated rings. The Morgan fingerprint density at radius 3 is 2.05 bits per heavy atom. The lowest BCUT2D eigenvalue weighted by molar-refractivity contribution is -0.148. The van der Waals surface area contributed by atoms with E-state index >= 15 is 0 Å². The van der Waals surface area contributed by atoms with E-state index in [1.807, 2.05) is 109 Å². The zero-order chi connectivity index (χ0) is 30.2. The molecule has 9 heteroatoms. The van der Waals surface area contributed by atoms with E-state index in [0.717, 1.165) is 12.0 Å². The molecule has 0 radical (unpaired) electrons. The molecule has 222 valence electrons. The quantitative estimate of drug-likeness (QED) is 0.285. The molecule has 0 saturated carbocycles. The first-order chi connectivity index (χ1) is 21.5. The van der Waals surface area contributed by atoms with Crippen molar-refractivity contribution in [3.05, 3.63) is 115 Å². The van der Waals surface area contributed by atoms with Crippen LogP contribution in [0.4, 0.5) is 32.3 Å². The Balaban J connectivity index is 1.28. The van der Waals surface area contributed by atoms with Crippen LogP contribution in [-0.4, -0.2) is 57.6 Å². The van der Waals surface area contributed by atoms with Crippen LogP contribution in [0.2, 0.25) is 0 Å². The second kappa shape index (κ2) is 11.4. The van der Waals surface area contributed by atoms with Gasteiger partial charge in [0.25, 0.3) is 0 Å². The van der Waals surface area contributed by atoms with Crippen LogP contribution in [0.1, 0.15) is 24.8 Å². The van der Waals surface area contributed by atoms with Crippen molar-refractivity contribution in [1.82, 2.24) is 9.80 Å². The fraction of sp³-hybridized carbons (Fsp3) is 0.229. The van der Waals surface area contributed by atoms with Gasteiger partial charge in [-0.1, -0.05) is 66.7 Å². The lowest BCUT2D eigenvalue weighted by Gasteiger charge is -2.54. The minimum Gasteiger partial charge on any atom is -0.487 e. The number of hydrogen-bond donors (Lipinski definition) is 1. The van der Waals surface area contributed by atoms with Crippen LogP contribution < -0.4 is 14.5 Å². The molecular weight excluding hydrogens is 556 g/mol. The third kappa shape index (κ3) is 4.70. The van der Waals surface area contributed by atoms with E-state index in [0.29, 0.717) is 47.9 Å². The van der Waals surface area contributed by atoms with Crippen molar-refractivity contribution in [2.24, 2.45) is 0 Å². The number of fused-ring (bicyclic) bond motifs is 4. The molecule has 9 nitrogen and oxygen atoms in total. The van der Waals surface area contributed by atoms with E-state index < -0.39 is 24.1 Å². The molecule has 0 aromatic heterocycles. The zero-order valence-corrected chi connectivity index (χ0v) is 24.0. The van der Waals surface area contributed by atoms with Crippen molar-refractivity contribution in [2.75, 3.05) is 16.3 Å². The number of carboxylic acids is 1. The number of piperidine rings is 1. The summed E-state index contributed by atoms with van der Waals surface area (Å²) < 4.78 is 6.09. The summed E-state index contributed by atoms with van der Waals surface area (Å²) in [7, 11) is 0. The van der Waals surface area contributed by atoms with Crippen LogP contribution >= 0.6 is 0 Å². The summed E-state index contributed by atoms with van der Waals surface area (Å²) in [6.07, 6.45) is 1.89. The van der Waals surface area contributed by atoms with Crippen molar-refractivity contribution >= 4 is 40.8 Å². The smallest absolute Gasteiger partial charge is 0.329 e. The topological polar surface area (TPSA) is 93.6 Å². The van der Waals surface area contributed by atoms with E-state index in [1.165, 1.54) is 4.90 Å². The van der Waals surface area contributed by atoms with Crippen LogP contribution in [0.15, 0.2) is 109 Å². The number of anilines is 4. The number of para-hydroxylation sites is 5. The number of piperazine rings is 1.